The lowest BCUT2D eigenvalue weighted by molar-refractivity contribution is -0.146. The van der Waals surface area contributed by atoms with E-state index in [0.29, 0.717) is 24.7 Å². The average Bonchev–Trinajstić information content (AvgIpc) is 4.00. The molecule has 2 aliphatic carbocycles. The van der Waals surface area contributed by atoms with Crippen molar-refractivity contribution < 1.29 is 28.8 Å². The van der Waals surface area contributed by atoms with E-state index in [1.54, 1.807) is 17.2 Å². The van der Waals surface area contributed by atoms with Crippen molar-refractivity contribution in [3.63, 3.8) is 0 Å². The Kier molecular flexibility index (Phi) is 14.3. The van der Waals surface area contributed by atoms with E-state index in [9.17, 15) is 28.8 Å². The van der Waals surface area contributed by atoms with Crippen molar-refractivity contribution in [2.24, 2.45) is 11.3 Å². The summed E-state index contributed by atoms with van der Waals surface area (Å²) in [4.78, 5) is 97.8. The van der Waals surface area contributed by atoms with Gasteiger partial charge in [-0.05, 0) is 55.1 Å². The van der Waals surface area contributed by atoms with Crippen molar-refractivity contribution >= 4 is 46.9 Å². The second-order valence-electron chi connectivity index (χ2n) is 16.0. The van der Waals surface area contributed by atoms with Crippen LogP contribution in [0.1, 0.15) is 102 Å². The van der Waals surface area contributed by atoms with Gasteiger partial charge in [0, 0.05) is 50.8 Å². The molecule has 1 saturated heterocycles. The normalized spacial score (nSPS) is 19.7. The van der Waals surface area contributed by atoms with Gasteiger partial charge in [-0.15, -0.1) is 0 Å². The number of carbonyl (C=O) groups is 6. The maximum atomic E-state index is 14.5. The fourth-order valence-corrected chi connectivity index (χ4v) is 7.33. The summed E-state index contributed by atoms with van der Waals surface area (Å²) < 4.78 is 0. The fourth-order valence-electron chi connectivity index (χ4n) is 7.22. The van der Waals surface area contributed by atoms with Gasteiger partial charge in [-0.2, -0.15) is 0 Å². The number of pyridine rings is 1. The highest BCUT2D eigenvalue weighted by molar-refractivity contribution is 6.38. The summed E-state index contributed by atoms with van der Waals surface area (Å²) in [5, 5.41) is 11.8. The van der Waals surface area contributed by atoms with E-state index in [1.807, 2.05) is 38.7 Å². The Morgan fingerprint density at radius 2 is 1.65 bits per heavy atom. The molecule has 55 heavy (non-hydrogen) atoms. The first-order valence-electron chi connectivity index (χ1n) is 19.4. The minimum Gasteiger partial charge on any atom is -0.347 e. The van der Waals surface area contributed by atoms with Crippen LogP contribution in [0, 0.1) is 11.3 Å². The number of piperazine rings is 1. The van der Waals surface area contributed by atoms with Gasteiger partial charge in [-0.1, -0.05) is 71.0 Å². The summed E-state index contributed by atoms with van der Waals surface area (Å²) in [5.74, 6) is -3.41. The van der Waals surface area contributed by atoms with E-state index in [1.165, 1.54) is 18.6 Å². The number of carbonyl (C=O) groups excluding carboxylic acids is 6. The molecular weight excluding hydrogens is 726 g/mol. The average molecular weight is 780 g/mol. The first-order chi connectivity index (χ1) is 26.2. The Labute approximate surface area is 327 Å². The predicted octanol–water partition coefficient (Wildman–Crippen LogP) is 2.58. The van der Waals surface area contributed by atoms with E-state index < -0.39 is 59.0 Å². The minimum atomic E-state index is -1.03. The largest absolute Gasteiger partial charge is 0.347 e. The van der Waals surface area contributed by atoms with E-state index in [-0.39, 0.29) is 43.1 Å². The quantitative estimate of drug-likeness (QED) is 0.154. The van der Waals surface area contributed by atoms with Crippen molar-refractivity contribution in [1.29, 1.82) is 0 Å². The summed E-state index contributed by atoms with van der Waals surface area (Å²) in [6.07, 6.45) is 12.7. The lowest BCUT2D eigenvalue weighted by atomic mass is 9.82. The summed E-state index contributed by atoms with van der Waals surface area (Å²) in [6.45, 7) is 8.25. The molecule has 2 saturated carbocycles. The lowest BCUT2D eigenvalue weighted by Crippen LogP contribution is -2.65. The molecule has 15 nitrogen and oxygen atoms in total. The van der Waals surface area contributed by atoms with E-state index >= 15 is 0 Å². The van der Waals surface area contributed by atoms with Crippen molar-refractivity contribution in [2.45, 2.75) is 122 Å². The SMILES string of the molecule is CCC[C@H](NC(=O)[C@@H]1CN(C(=O)[C@@H](NC(=O)[C@@H](NC(=O)c2cnccn2)C2CCCCC2)C(C)(C)C)CCN1Cc1ccc(Cl)nc1)C(=O)C(=O)NC1CC1. The van der Waals surface area contributed by atoms with Crippen LogP contribution in [-0.4, -0.2) is 110 Å². The van der Waals surface area contributed by atoms with Crippen LogP contribution in [0.5, 0.6) is 0 Å². The van der Waals surface area contributed by atoms with Gasteiger partial charge in [0.05, 0.1) is 12.2 Å². The zero-order chi connectivity index (χ0) is 39.7. The van der Waals surface area contributed by atoms with Crippen molar-refractivity contribution in [1.82, 2.24) is 46.0 Å². The second-order valence-corrected chi connectivity index (χ2v) is 16.4. The Balaban J connectivity index is 1.36. The topological polar surface area (TPSA) is 196 Å². The molecule has 3 fully saturated rings. The number of nitrogens with zero attached hydrogens (tertiary/aromatic N) is 5. The molecule has 4 atom stereocenters. The minimum absolute atomic E-state index is 0.0144. The van der Waals surface area contributed by atoms with Gasteiger partial charge in [0.1, 0.15) is 29.0 Å². The molecule has 1 aliphatic heterocycles. The van der Waals surface area contributed by atoms with Gasteiger partial charge in [0.25, 0.3) is 11.8 Å². The van der Waals surface area contributed by atoms with Crippen LogP contribution in [0.25, 0.3) is 0 Å². The van der Waals surface area contributed by atoms with Crippen molar-refractivity contribution in [3.8, 4) is 0 Å². The Morgan fingerprint density at radius 3 is 2.27 bits per heavy atom. The van der Waals surface area contributed by atoms with Gasteiger partial charge in [-0.3, -0.25) is 38.7 Å². The van der Waals surface area contributed by atoms with Crippen molar-refractivity contribution in [2.75, 3.05) is 19.6 Å². The number of rotatable bonds is 15. The molecule has 2 aromatic heterocycles. The maximum absolute atomic E-state index is 14.5. The number of hydrogen-bond acceptors (Lipinski definition) is 10. The summed E-state index contributed by atoms with van der Waals surface area (Å²) in [5.41, 5.74) is 0.127. The lowest BCUT2D eigenvalue weighted by Gasteiger charge is -2.43. The Bertz CT molecular complexity index is 1680. The molecule has 5 rings (SSSR count). The zero-order valence-electron chi connectivity index (χ0n) is 32.2. The highest BCUT2D eigenvalue weighted by atomic mass is 35.5. The Morgan fingerprint density at radius 1 is 0.909 bits per heavy atom. The van der Waals surface area contributed by atoms with E-state index in [0.717, 1.165) is 50.5 Å². The number of halogens is 1. The fraction of sp³-hybridized carbons (Fsp3) is 0.615. The Hall–Kier alpha value is -4.50. The van der Waals surface area contributed by atoms with Crippen LogP contribution in [0.15, 0.2) is 36.9 Å². The third-order valence-corrected chi connectivity index (χ3v) is 10.7. The molecule has 298 valence electrons. The molecule has 5 amide bonds. The first kappa shape index (κ1) is 41.7. The van der Waals surface area contributed by atoms with Crippen LogP contribution in [0.2, 0.25) is 5.15 Å². The molecule has 0 unspecified atom stereocenters. The van der Waals surface area contributed by atoms with Crippen molar-refractivity contribution in [3.05, 3.63) is 53.3 Å². The molecule has 16 heteroatoms. The zero-order valence-corrected chi connectivity index (χ0v) is 32.9. The molecule has 0 aromatic carbocycles. The standard InChI is InChI=1S/C39H54ClN9O6/c1-5-9-27(32(50)37(54)44-26-13-14-26)45-35(52)29-23-49(19-18-48(29)22-24-12-15-30(40)43-20-24)38(55)33(39(2,3)4)47-36(53)31(25-10-7-6-8-11-25)46-34(51)28-21-41-16-17-42-28/h12,15-17,20-21,25-27,29,31,33H,5-11,13-14,18-19,22-23H2,1-4H3,(H,44,54)(H,45,52)(H,46,51)(H,47,53)/t27-,29-,31-,33+/m0/s1. The van der Waals surface area contributed by atoms with Crippen LogP contribution in [-0.2, 0) is 30.5 Å². The third-order valence-electron chi connectivity index (χ3n) is 10.5. The number of hydrogen-bond donors (Lipinski definition) is 4. The highest BCUT2D eigenvalue weighted by Crippen LogP contribution is 2.29. The van der Waals surface area contributed by atoms with Crippen LogP contribution in [0.3, 0.4) is 0 Å². The second kappa shape index (κ2) is 18.9. The first-order valence-corrected chi connectivity index (χ1v) is 19.8. The van der Waals surface area contributed by atoms with Gasteiger partial charge < -0.3 is 26.2 Å². The summed E-state index contributed by atoms with van der Waals surface area (Å²) in [7, 11) is 0. The van der Waals surface area contributed by atoms with Crippen LogP contribution >= 0.6 is 11.6 Å². The summed E-state index contributed by atoms with van der Waals surface area (Å²) in [6, 6.07) is -0.380. The molecule has 3 aliphatic rings. The molecular formula is C39H54ClN9O6. The van der Waals surface area contributed by atoms with Crippen LogP contribution < -0.4 is 21.3 Å². The molecule has 0 bridgehead atoms. The third kappa shape index (κ3) is 11.5. The molecule has 4 N–H and O–H groups in total. The van der Waals surface area contributed by atoms with E-state index in [4.69, 9.17) is 11.6 Å². The van der Waals surface area contributed by atoms with Gasteiger partial charge in [0.2, 0.25) is 23.5 Å². The summed E-state index contributed by atoms with van der Waals surface area (Å²) >= 11 is 6.03. The van der Waals surface area contributed by atoms with Crippen LogP contribution in [0.4, 0.5) is 0 Å². The molecule has 0 radical (unpaired) electrons. The highest BCUT2D eigenvalue weighted by Gasteiger charge is 2.43. The molecule has 3 heterocycles. The number of nitrogens with one attached hydrogen (secondary N) is 4. The molecule has 2 aromatic rings. The molecule has 0 spiro atoms. The van der Waals surface area contributed by atoms with Gasteiger partial charge >= 0.3 is 0 Å². The predicted molar refractivity (Wildman–Crippen MR) is 204 cm³/mol. The maximum Gasteiger partial charge on any atom is 0.289 e. The smallest absolute Gasteiger partial charge is 0.289 e. The monoisotopic (exact) mass is 779 g/mol. The number of aromatic nitrogens is 3. The number of Topliss-reactive ketones (excluding diaryl/α,β-unsaturated/α-hetero) is 1. The number of amides is 5. The van der Waals surface area contributed by atoms with Gasteiger partial charge in [0.15, 0.2) is 0 Å². The number of ketones is 1. The van der Waals surface area contributed by atoms with Gasteiger partial charge in [-0.25, -0.2) is 9.97 Å². The van der Waals surface area contributed by atoms with E-state index in [2.05, 4.69) is 36.2 Å².